The summed E-state index contributed by atoms with van der Waals surface area (Å²) in [6.07, 6.45) is 1.28. The van der Waals surface area contributed by atoms with Crippen molar-refractivity contribution < 1.29 is 14.7 Å². The quantitative estimate of drug-likeness (QED) is 0.373. The number of carbonyl (C=O) groups is 2. The molecular weight excluding hydrogens is 260 g/mol. The molecule has 0 aromatic rings. The van der Waals surface area contributed by atoms with Gasteiger partial charge in [-0.3, -0.25) is 19.5 Å². The minimum Gasteiger partial charge on any atom is -0.480 e. The molecule has 0 saturated carbocycles. The topological polar surface area (TPSA) is 113 Å². The molecule has 5 N–H and O–H groups in total. The molecule has 3 atom stereocenters. The van der Waals surface area contributed by atoms with Crippen LogP contribution in [0.15, 0.2) is 0 Å². The molecule has 1 aliphatic heterocycles. The van der Waals surface area contributed by atoms with Gasteiger partial charge in [0, 0.05) is 6.04 Å². The number of nitrogens with two attached hydrogens (primary N) is 2. The lowest BCUT2D eigenvalue weighted by atomic mass is 10.0. The summed E-state index contributed by atoms with van der Waals surface area (Å²) in [6.45, 7) is 7.72. The van der Waals surface area contributed by atoms with Crippen molar-refractivity contribution in [3.63, 3.8) is 0 Å². The van der Waals surface area contributed by atoms with Crippen LogP contribution in [0.25, 0.3) is 0 Å². The summed E-state index contributed by atoms with van der Waals surface area (Å²) in [4.78, 5) is 25.5. The highest BCUT2D eigenvalue weighted by molar-refractivity contribution is 5.84. The van der Waals surface area contributed by atoms with Crippen LogP contribution < -0.4 is 11.6 Å². The standard InChI is InChI=1S/C13H26N4O3/c1-8(14)10(11(18)17(15)13(2,3)4)16-7-5-6-9(16)12(19)20/h8-10H,5-7,14-15H2,1-4H3,(H,19,20)/t8-,9-,10-/m0/s1. The Morgan fingerprint density at radius 3 is 2.35 bits per heavy atom. The van der Waals surface area contributed by atoms with E-state index in [2.05, 4.69) is 0 Å². The molecule has 20 heavy (non-hydrogen) atoms. The Kier molecular flexibility index (Phi) is 5.12. The third-order valence-corrected chi connectivity index (χ3v) is 3.65. The van der Waals surface area contributed by atoms with Crippen LogP contribution in [-0.2, 0) is 9.59 Å². The molecule has 7 nitrogen and oxygen atoms in total. The Morgan fingerprint density at radius 1 is 1.40 bits per heavy atom. The van der Waals surface area contributed by atoms with Crippen LogP contribution in [0.5, 0.6) is 0 Å². The molecule has 1 aliphatic rings. The van der Waals surface area contributed by atoms with E-state index in [4.69, 9.17) is 11.6 Å². The van der Waals surface area contributed by atoms with Crippen molar-refractivity contribution >= 4 is 11.9 Å². The highest BCUT2D eigenvalue weighted by atomic mass is 16.4. The van der Waals surface area contributed by atoms with Crippen LogP contribution in [0.3, 0.4) is 0 Å². The van der Waals surface area contributed by atoms with Crippen molar-refractivity contribution in [3.8, 4) is 0 Å². The Hall–Kier alpha value is -1.18. The van der Waals surface area contributed by atoms with Gasteiger partial charge in [-0.25, -0.2) is 5.84 Å². The molecule has 0 spiro atoms. The number of aliphatic carboxylic acids is 1. The van der Waals surface area contributed by atoms with E-state index in [0.29, 0.717) is 13.0 Å². The van der Waals surface area contributed by atoms with E-state index >= 15 is 0 Å². The van der Waals surface area contributed by atoms with E-state index in [1.54, 1.807) is 11.8 Å². The molecule has 1 saturated heterocycles. The molecule has 1 fully saturated rings. The summed E-state index contributed by atoms with van der Waals surface area (Å²) in [5, 5.41) is 10.4. The van der Waals surface area contributed by atoms with Crippen LogP contribution in [0.4, 0.5) is 0 Å². The first-order valence-electron chi connectivity index (χ1n) is 6.90. The maximum absolute atomic E-state index is 12.6. The van der Waals surface area contributed by atoms with E-state index < -0.39 is 29.6 Å². The zero-order valence-corrected chi connectivity index (χ0v) is 12.7. The van der Waals surface area contributed by atoms with Crippen molar-refractivity contribution in [2.45, 2.75) is 64.2 Å². The van der Waals surface area contributed by atoms with Crippen LogP contribution >= 0.6 is 0 Å². The summed E-state index contributed by atoms with van der Waals surface area (Å²) in [5.41, 5.74) is 5.38. The van der Waals surface area contributed by atoms with Gasteiger partial charge in [-0.2, -0.15) is 0 Å². The van der Waals surface area contributed by atoms with Crippen molar-refractivity contribution in [3.05, 3.63) is 0 Å². The third-order valence-electron chi connectivity index (χ3n) is 3.65. The molecule has 1 rings (SSSR count). The Morgan fingerprint density at radius 2 is 1.95 bits per heavy atom. The van der Waals surface area contributed by atoms with Crippen LogP contribution in [-0.4, -0.2) is 57.1 Å². The Labute approximate surface area is 119 Å². The largest absolute Gasteiger partial charge is 0.480 e. The zero-order valence-electron chi connectivity index (χ0n) is 12.7. The molecule has 1 amide bonds. The van der Waals surface area contributed by atoms with E-state index in [9.17, 15) is 14.7 Å². The van der Waals surface area contributed by atoms with Gasteiger partial charge < -0.3 is 10.8 Å². The predicted octanol–water partition coefficient (Wildman–Crippen LogP) is -0.248. The number of carboxylic acids is 1. The maximum atomic E-state index is 12.6. The van der Waals surface area contributed by atoms with Gasteiger partial charge in [0.1, 0.15) is 12.1 Å². The summed E-state index contributed by atoms with van der Waals surface area (Å²) in [7, 11) is 0. The minimum atomic E-state index is -0.916. The predicted molar refractivity (Wildman–Crippen MR) is 75.6 cm³/mol. The lowest BCUT2D eigenvalue weighted by molar-refractivity contribution is -0.148. The van der Waals surface area contributed by atoms with Gasteiger partial charge >= 0.3 is 5.97 Å². The Bertz CT molecular complexity index is 378. The van der Waals surface area contributed by atoms with E-state index in [0.717, 1.165) is 11.4 Å². The molecule has 7 heteroatoms. The van der Waals surface area contributed by atoms with Crippen molar-refractivity contribution in [1.82, 2.24) is 9.91 Å². The molecular formula is C13H26N4O3. The van der Waals surface area contributed by atoms with Crippen molar-refractivity contribution in [1.29, 1.82) is 0 Å². The normalized spacial score (nSPS) is 23.4. The molecule has 0 radical (unpaired) electrons. The molecule has 0 aromatic heterocycles. The molecule has 116 valence electrons. The van der Waals surface area contributed by atoms with E-state index in [1.807, 2.05) is 20.8 Å². The smallest absolute Gasteiger partial charge is 0.320 e. The summed E-state index contributed by atoms with van der Waals surface area (Å²) in [6, 6.07) is -1.86. The monoisotopic (exact) mass is 286 g/mol. The Balaban J connectivity index is 3.00. The second-order valence-corrected chi connectivity index (χ2v) is 6.42. The van der Waals surface area contributed by atoms with Crippen molar-refractivity contribution in [2.75, 3.05) is 6.54 Å². The number of carbonyl (C=O) groups excluding carboxylic acids is 1. The number of hydrogen-bond acceptors (Lipinski definition) is 5. The van der Waals surface area contributed by atoms with Gasteiger partial charge in [0.15, 0.2) is 0 Å². The summed E-state index contributed by atoms with van der Waals surface area (Å²) < 4.78 is 0. The lowest BCUT2D eigenvalue weighted by Crippen LogP contribution is -2.63. The molecule has 0 unspecified atom stereocenters. The summed E-state index contributed by atoms with van der Waals surface area (Å²) in [5.74, 6) is 4.63. The highest BCUT2D eigenvalue weighted by Gasteiger charge is 2.42. The second-order valence-electron chi connectivity index (χ2n) is 6.42. The number of amides is 1. The number of likely N-dealkylation sites (tertiary alicyclic amines) is 1. The average molecular weight is 286 g/mol. The first kappa shape index (κ1) is 16.9. The molecule has 0 aromatic carbocycles. The van der Waals surface area contributed by atoms with Gasteiger partial charge in [0.25, 0.3) is 5.91 Å². The average Bonchev–Trinajstić information content (AvgIpc) is 2.75. The number of carboxylic acid groups (broad SMARTS) is 1. The number of hydrogen-bond donors (Lipinski definition) is 3. The van der Waals surface area contributed by atoms with Gasteiger partial charge in [0.05, 0.1) is 5.54 Å². The highest BCUT2D eigenvalue weighted by Crippen LogP contribution is 2.24. The third kappa shape index (κ3) is 3.47. The molecule has 0 aliphatic carbocycles. The van der Waals surface area contributed by atoms with Crippen LogP contribution in [0, 0.1) is 0 Å². The van der Waals surface area contributed by atoms with Gasteiger partial charge in [-0.05, 0) is 47.1 Å². The SMILES string of the molecule is C[C@H](N)[C@@H](C(=O)N(N)C(C)(C)C)N1CCC[C@H]1C(=O)O. The van der Waals surface area contributed by atoms with Gasteiger partial charge in [0.2, 0.25) is 0 Å². The fraction of sp³-hybridized carbons (Fsp3) is 0.846. The van der Waals surface area contributed by atoms with Crippen molar-refractivity contribution in [2.24, 2.45) is 11.6 Å². The van der Waals surface area contributed by atoms with Gasteiger partial charge in [-0.1, -0.05) is 0 Å². The van der Waals surface area contributed by atoms with Crippen LogP contribution in [0.1, 0.15) is 40.5 Å². The second kappa shape index (κ2) is 6.07. The fourth-order valence-corrected chi connectivity index (χ4v) is 2.53. The minimum absolute atomic E-state index is 0.333. The van der Waals surface area contributed by atoms with Gasteiger partial charge in [-0.15, -0.1) is 0 Å². The van der Waals surface area contributed by atoms with Crippen LogP contribution in [0.2, 0.25) is 0 Å². The maximum Gasteiger partial charge on any atom is 0.320 e. The number of nitrogens with zero attached hydrogens (tertiary/aromatic N) is 2. The zero-order chi connectivity index (χ0) is 15.7. The first-order chi connectivity index (χ1) is 9.07. The van der Waals surface area contributed by atoms with E-state index in [-0.39, 0.29) is 5.91 Å². The summed E-state index contributed by atoms with van der Waals surface area (Å²) >= 11 is 0. The lowest BCUT2D eigenvalue weighted by Gasteiger charge is -2.39. The van der Waals surface area contributed by atoms with E-state index in [1.165, 1.54) is 0 Å². The fourth-order valence-electron chi connectivity index (χ4n) is 2.53. The molecule has 1 heterocycles. The number of rotatable bonds is 4. The number of hydrazine groups is 1. The molecule has 0 bridgehead atoms. The first-order valence-corrected chi connectivity index (χ1v) is 6.90.